The fourth-order valence-corrected chi connectivity index (χ4v) is 1.53. The number of aliphatic carboxylic acids is 1. The van der Waals surface area contributed by atoms with Crippen LogP contribution in [0.4, 0.5) is 5.82 Å². The highest BCUT2D eigenvalue weighted by molar-refractivity contribution is 5.76. The van der Waals surface area contributed by atoms with E-state index >= 15 is 0 Å². The molecule has 1 aromatic rings. The summed E-state index contributed by atoms with van der Waals surface area (Å²) in [5.74, 6) is -0.742. The van der Waals surface area contributed by atoms with E-state index in [0.717, 1.165) is 0 Å². The number of carboxylic acid groups (broad SMARTS) is 1. The van der Waals surface area contributed by atoms with E-state index in [1.54, 1.807) is 6.92 Å². The summed E-state index contributed by atoms with van der Waals surface area (Å²) in [7, 11) is 0. The second-order valence-corrected chi connectivity index (χ2v) is 3.82. The van der Waals surface area contributed by atoms with Gasteiger partial charge in [0.15, 0.2) is 0 Å². The first kappa shape index (κ1) is 11.4. The number of nitrogens with zero attached hydrogens (tertiary/aromatic N) is 2. The average Bonchev–Trinajstić information content (AvgIpc) is 1.99. The molecular weight excluding hydrogens is 194 g/mol. The van der Waals surface area contributed by atoms with Crippen molar-refractivity contribution >= 4 is 11.8 Å². The topological polar surface area (TPSA) is 89.1 Å². The Labute approximate surface area is 88.4 Å². The van der Waals surface area contributed by atoms with Crippen molar-refractivity contribution in [3.8, 4) is 0 Å². The van der Waals surface area contributed by atoms with Gasteiger partial charge in [-0.1, -0.05) is 13.8 Å². The van der Waals surface area contributed by atoms with E-state index in [0.29, 0.717) is 17.3 Å². The van der Waals surface area contributed by atoms with Gasteiger partial charge < -0.3 is 10.8 Å². The molecule has 1 rings (SSSR count). The molecule has 0 aliphatic heterocycles. The maximum Gasteiger partial charge on any atom is 0.312 e. The van der Waals surface area contributed by atoms with E-state index in [1.807, 2.05) is 13.8 Å². The summed E-state index contributed by atoms with van der Waals surface area (Å²) in [5, 5.41) is 9.08. The number of nitrogens with two attached hydrogens (primary N) is 1. The van der Waals surface area contributed by atoms with Crippen molar-refractivity contribution in [2.24, 2.45) is 5.92 Å². The Balaban J connectivity index is 3.17. The summed E-state index contributed by atoms with van der Waals surface area (Å²) in [4.78, 5) is 19.1. The highest BCUT2D eigenvalue weighted by Crippen LogP contribution is 2.23. The average molecular weight is 209 g/mol. The molecule has 0 fully saturated rings. The van der Waals surface area contributed by atoms with Crippen molar-refractivity contribution in [3.63, 3.8) is 0 Å². The van der Waals surface area contributed by atoms with Gasteiger partial charge in [-0.2, -0.15) is 0 Å². The molecule has 1 atom stereocenters. The SMILES string of the molecule is Cc1nc(N)cc(C(C(=O)O)C(C)C)n1. The van der Waals surface area contributed by atoms with Crippen molar-refractivity contribution in [3.05, 3.63) is 17.6 Å². The van der Waals surface area contributed by atoms with Gasteiger partial charge in [-0.05, 0) is 12.8 Å². The van der Waals surface area contributed by atoms with Crippen LogP contribution >= 0.6 is 0 Å². The molecule has 0 aliphatic carbocycles. The third-order valence-corrected chi connectivity index (χ3v) is 2.13. The molecule has 5 heteroatoms. The Morgan fingerprint density at radius 1 is 1.47 bits per heavy atom. The number of hydrogen-bond acceptors (Lipinski definition) is 4. The zero-order valence-electron chi connectivity index (χ0n) is 9.06. The molecule has 1 heterocycles. The third kappa shape index (κ3) is 2.65. The van der Waals surface area contributed by atoms with E-state index in [9.17, 15) is 4.79 Å². The Hall–Kier alpha value is -1.65. The molecule has 0 saturated carbocycles. The lowest BCUT2D eigenvalue weighted by molar-refractivity contribution is -0.140. The number of nitrogen functional groups attached to an aromatic ring is 1. The molecule has 15 heavy (non-hydrogen) atoms. The third-order valence-electron chi connectivity index (χ3n) is 2.13. The first-order chi connectivity index (χ1) is 6.91. The summed E-state index contributed by atoms with van der Waals surface area (Å²) >= 11 is 0. The van der Waals surface area contributed by atoms with Gasteiger partial charge in [0.2, 0.25) is 0 Å². The van der Waals surface area contributed by atoms with Gasteiger partial charge in [-0.25, -0.2) is 9.97 Å². The van der Waals surface area contributed by atoms with Crippen LogP contribution in [-0.4, -0.2) is 21.0 Å². The Morgan fingerprint density at radius 2 is 2.07 bits per heavy atom. The Kier molecular flexibility index (Phi) is 3.24. The number of rotatable bonds is 3. The fraction of sp³-hybridized carbons (Fsp3) is 0.500. The zero-order valence-corrected chi connectivity index (χ0v) is 9.06. The molecule has 0 aliphatic rings. The minimum absolute atomic E-state index is 0.0313. The summed E-state index contributed by atoms with van der Waals surface area (Å²) < 4.78 is 0. The summed E-state index contributed by atoms with van der Waals surface area (Å²) in [6.45, 7) is 5.37. The number of hydrogen-bond donors (Lipinski definition) is 2. The summed E-state index contributed by atoms with van der Waals surface area (Å²) in [5.41, 5.74) is 6.03. The minimum atomic E-state index is -0.887. The van der Waals surface area contributed by atoms with Crippen molar-refractivity contribution in [2.75, 3.05) is 5.73 Å². The molecule has 3 N–H and O–H groups in total. The maximum absolute atomic E-state index is 11.1. The molecular formula is C10H15N3O2. The van der Waals surface area contributed by atoms with Crippen LogP contribution < -0.4 is 5.73 Å². The van der Waals surface area contributed by atoms with Crippen molar-refractivity contribution in [1.82, 2.24) is 9.97 Å². The summed E-state index contributed by atoms with van der Waals surface area (Å²) in [6, 6.07) is 1.52. The maximum atomic E-state index is 11.1. The molecule has 0 saturated heterocycles. The Morgan fingerprint density at radius 3 is 2.47 bits per heavy atom. The van der Waals surface area contributed by atoms with Crippen LogP contribution in [0.15, 0.2) is 6.07 Å². The lowest BCUT2D eigenvalue weighted by atomic mass is 9.92. The van der Waals surface area contributed by atoms with E-state index in [4.69, 9.17) is 10.8 Å². The number of anilines is 1. The highest BCUT2D eigenvalue weighted by atomic mass is 16.4. The minimum Gasteiger partial charge on any atom is -0.481 e. The predicted molar refractivity (Wildman–Crippen MR) is 56.4 cm³/mol. The lowest BCUT2D eigenvalue weighted by Gasteiger charge is -2.15. The molecule has 82 valence electrons. The lowest BCUT2D eigenvalue weighted by Crippen LogP contribution is -2.19. The van der Waals surface area contributed by atoms with Gasteiger partial charge in [-0.15, -0.1) is 0 Å². The molecule has 0 amide bonds. The van der Waals surface area contributed by atoms with Crippen LogP contribution in [0.1, 0.15) is 31.3 Å². The molecule has 0 radical (unpaired) electrons. The number of carbonyl (C=O) groups is 1. The van der Waals surface area contributed by atoms with Crippen molar-refractivity contribution in [2.45, 2.75) is 26.7 Å². The van der Waals surface area contributed by atoms with Gasteiger partial charge in [0, 0.05) is 6.07 Å². The van der Waals surface area contributed by atoms with Crippen LogP contribution in [0.2, 0.25) is 0 Å². The number of aromatic nitrogens is 2. The van der Waals surface area contributed by atoms with E-state index in [-0.39, 0.29) is 5.92 Å². The first-order valence-corrected chi connectivity index (χ1v) is 4.75. The fourth-order valence-electron chi connectivity index (χ4n) is 1.53. The first-order valence-electron chi connectivity index (χ1n) is 4.75. The quantitative estimate of drug-likeness (QED) is 0.780. The smallest absolute Gasteiger partial charge is 0.312 e. The molecule has 1 unspecified atom stereocenters. The van der Waals surface area contributed by atoms with Gasteiger partial charge in [0.1, 0.15) is 17.6 Å². The largest absolute Gasteiger partial charge is 0.481 e. The molecule has 0 bridgehead atoms. The van der Waals surface area contributed by atoms with Crippen LogP contribution in [0.5, 0.6) is 0 Å². The second kappa shape index (κ2) is 4.25. The molecule has 0 aromatic carbocycles. The highest BCUT2D eigenvalue weighted by Gasteiger charge is 2.25. The Bertz CT molecular complexity index is 357. The van der Waals surface area contributed by atoms with Gasteiger partial charge in [-0.3, -0.25) is 4.79 Å². The number of carboxylic acids is 1. The van der Waals surface area contributed by atoms with E-state index in [2.05, 4.69) is 9.97 Å². The predicted octanol–water partition coefficient (Wildman–Crippen LogP) is 1.19. The van der Waals surface area contributed by atoms with Gasteiger partial charge in [0.25, 0.3) is 0 Å². The van der Waals surface area contributed by atoms with Crippen LogP contribution in [0.3, 0.4) is 0 Å². The molecule has 1 aromatic heterocycles. The normalized spacial score (nSPS) is 12.8. The van der Waals surface area contributed by atoms with E-state index < -0.39 is 11.9 Å². The van der Waals surface area contributed by atoms with Crippen LogP contribution in [0.25, 0.3) is 0 Å². The second-order valence-electron chi connectivity index (χ2n) is 3.82. The van der Waals surface area contributed by atoms with E-state index in [1.165, 1.54) is 6.07 Å². The van der Waals surface area contributed by atoms with Crippen molar-refractivity contribution < 1.29 is 9.90 Å². The zero-order chi connectivity index (χ0) is 11.6. The summed E-state index contributed by atoms with van der Waals surface area (Å²) in [6.07, 6.45) is 0. The van der Waals surface area contributed by atoms with Crippen LogP contribution in [-0.2, 0) is 4.79 Å². The molecule has 5 nitrogen and oxygen atoms in total. The molecule has 0 spiro atoms. The van der Waals surface area contributed by atoms with Gasteiger partial charge >= 0.3 is 5.97 Å². The van der Waals surface area contributed by atoms with Gasteiger partial charge in [0.05, 0.1) is 5.69 Å². The van der Waals surface area contributed by atoms with Crippen molar-refractivity contribution in [1.29, 1.82) is 0 Å². The standard InChI is InChI=1S/C10H15N3O2/c1-5(2)9(10(14)15)7-4-8(11)13-6(3)12-7/h4-5,9H,1-3H3,(H,14,15)(H2,11,12,13). The monoisotopic (exact) mass is 209 g/mol. The number of aryl methyl sites for hydroxylation is 1. The van der Waals surface area contributed by atoms with Crippen LogP contribution in [0, 0.1) is 12.8 Å².